The first-order valence-electron chi connectivity index (χ1n) is 7.90. The number of benzene rings is 2. The highest BCUT2D eigenvalue weighted by Gasteiger charge is 2.21. The fourth-order valence-corrected chi connectivity index (χ4v) is 2.37. The molecule has 1 amide bonds. The van der Waals surface area contributed by atoms with Crippen molar-refractivity contribution >= 4 is 17.6 Å². The Morgan fingerprint density at radius 3 is 2.77 bits per heavy atom. The Morgan fingerprint density at radius 2 is 2.00 bits per heavy atom. The number of fused-ring (bicyclic) bond motifs is 1. The van der Waals surface area contributed by atoms with Crippen LogP contribution in [-0.2, 0) is 9.53 Å². The van der Waals surface area contributed by atoms with Gasteiger partial charge in [0.25, 0.3) is 5.91 Å². The summed E-state index contributed by atoms with van der Waals surface area (Å²) in [7, 11) is 0. The number of esters is 1. The number of carbonyl (C=O) groups excluding carboxylic acids is 2. The standard InChI is InChI=1S/C18H17FN2O5/c19-11-5-6-13(14(20)7-11)18(23)25-10-17(22)21-8-12-9-24-15-3-1-2-4-16(15)26-12/h1-7,12H,8-10,20H2,(H,21,22). The normalized spacial score (nSPS) is 15.2. The highest BCUT2D eigenvalue weighted by molar-refractivity contribution is 5.96. The summed E-state index contributed by atoms with van der Waals surface area (Å²) in [4.78, 5) is 23.7. The number of para-hydroxylation sites is 2. The molecule has 0 saturated carbocycles. The molecule has 3 N–H and O–H groups in total. The molecule has 2 aromatic carbocycles. The van der Waals surface area contributed by atoms with Gasteiger partial charge in [-0.05, 0) is 30.3 Å². The zero-order valence-electron chi connectivity index (χ0n) is 13.7. The predicted molar refractivity (Wildman–Crippen MR) is 90.5 cm³/mol. The number of halogens is 1. The summed E-state index contributed by atoms with van der Waals surface area (Å²) in [6.45, 7) is 0.00636. The van der Waals surface area contributed by atoms with E-state index in [1.807, 2.05) is 12.1 Å². The van der Waals surface area contributed by atoms with E-state index in [1.165, 1.54) is 6.07 Å². The number of amides is 1. The van der Waals surface area contributed by atoms with Gasteiger partial charge in [-0.15, -0.1) is 0 Å². The van der Waals surface area contributed by atoms with Crippen molar-refractivity contribution in [3.8, 4) is 11.5 Å². The van der Waals surface area contributed by atoms with E-state index >= 15 is 0 Å². The molecule has 0 radical (unpaired) electrons. The topological polar surface area (TPSA) is 99.9 Å². The second-order valence-electron chi connectivity index (χ2n) is 5.61. The maximum Gasteiger partial charge on any atom is 0.340 e. The molecule has 0 aromatic heterocycles. The third-order valence-electron chi connectivity index (χ3n) is 3.66. The smallest absolute Gasteiger partial charge is 0.340 e. The molecule has 1 aliphatic rings. The molecular formula is C18H17FN2O5. The van der Waals surface area contributed by atoms with Crippen LogP contribution < -0.4 is 20.5 Å². The molecule has 1 atom stereocenters. The van der Waals surface area contributed by atoms with E-state index in [2.05, 4.69) is 5.32 Å². The van der Waals surface area contributed by atoms with Crippen LogP contribution in [0.25, 0.3) is 0 Å². The van der Waals surface area contributed by atoms with Gasteiger partial charge in [0.05, 0.1) is 12.1 Å². The fraction of sp³-hybridized carbons (Fsp3) is 0.222. The number of nitrogens with two attached hydrogens (primary N) is 1. The number of anilines is 1. The summed E-state index contributed by atoms with van der Waals surface area (Å²) < 4.78 is 29.1. The van der Waals surface area contributed by atoms with Gasteiger partial charge in [-0.25, -0.2) is 9.18 Å². The average molecular weight is 360 g/mol. The van der Waals surface area contributed by atoms with E-state index in [0.717, 1.165) is 12.1 Å². The van der Waals surface area contributed by atoms with Gasteiger partial charge in [0.1, 0.15) is 18.5 Å². The second kappa shape index (κ2) is 7.73. The van der Waals surface area contributed by atoms with Crippen molar-refractivity contribution in [3.63, 3.8) is 0 Å². The van der Waals surface area contributed by atoms with E-state index in [-0.39, 0.29) is 23.9 Å². The summed E-state index contributed by atoms with van der Waals surface area (Å²) in [5, 5.41) is 2.60. The first-order valence-corrected chi connectivity index (χ1v) is 7.90. The molecule has 0 spiro atoms. The molecular weight excluding hydrogens is 343 g/mol. The maximum atomic E-state index is 13.0. The van der Waals surface area contributed by atoms with Crippen LogP contribution in [0.4, 0.5) is 10.1 Å². The number of ether oxygens (including phenoxy) is 3. The number of nitrogens with one attached hydrogen (secondary N) is 1. The summed E-state index contributed by atoms with van der Waals surface area (Å²) in [5.41, 5.74) is 5.50. The predicted octanol–water partition coefficient (Wildman–Crippen LogP) is 1.52. The van der Waals surface area contributed by atoms with Gasteiger partial charge in [-0.3, -0.25) is 4.79 Å². The lowest BCUT2D eigenvalue weighted by molar-refractivity contribution is -0.124. The van der Waals surface area contributed by atoms with Crippen LogP contribution in [0.3, 0.4) is 0 Å². The van der Waals surface area contributed by atoms with Crippen molar-refractivity contribution < 1.29 is 28.2 Å². The lowest BCUT2D eigenvalue weighted by Gasteiger charge is -2.26. The van der Waals surface area contributed by atoms with Crippen molar-refractivity contribution in [2.75, 3.05) is 25.5 Å². The van der Waals surface area contributed by atoms with Crippen molar-refractivity contribution in [2.45, 2.75) is 6.10 Å². The minimum absolute atomic E-state index is 0.000166. The highest BCUT2D eigenvalue weighted by Crippen LogP contribution is 2.30. The monoisotopic (exact) mass is 360 g/mol. The van der Waals surface area contributed by atoms with Gasteiger partial charge in [0.15, 0.2) is 18.1 Å². The Hall–Kier alpha value is -3.29. The van der Waals surface area contributed by atoms with Crippen LogP contribution in [-0.4, -0.2) is 37.7 Å². The first kappa shape index (κ1) is 17.5. The Balaban J connectivity index is 1.44. The number of hydrogen-bond acceptors (Lipinski definition) is 6. The van der Waals surface area contributed by atoms with E-state index in [1.54, 1.807) is 12.1 Å². The SMILES string of the molecule is Nc1cc(F)ccc1C(=O)OCC(=O)NCC1COc2ccccc2O1. The third kappa shape index (κ3) is 4.21. The molecule has 0 saturated heterocycles. The molecule has 0 fully saturated rings. The van der Waals surface area contributed by atoms with Crippen LogP contribution in [0.5, 0.6) is 11.5 Å². The minimum atomic E-state index is -0.802. The molecule has 1 aliphatic heterocycles. The lowest BCUT2D eigenvalue weighted by Crippen LogP contribution is -2.42. The van der Waals surface area contributed by atoms with E-state index in [4.69, 9.17) is 19.9 Å². The Kier molecular flexibility index (Phi) is 5.21. The van der Waals surface area contributed by atoms with Gasteiger partial charge in [-0.1, -0.05) is 12.1 Å². The zero-order valence-corrected chi connectivity index (χ0v) is 13.7. The number of rotatable bonds is 5. The maximum absolute atomic E-state index is 13.0. The van der Waals surface area contributed by atoms with Crippen molar-refractivity contribution in [2.24, 2.45) is 0 Å². The van der Waals surface area contributed by atoms with Gasteiger partial charge >= 0.3 is 5.97 Å². The van der Waals surface area contributed by atoms with E-state index in [0.29, 0.717) is 18.1 Å². The molecule has 2 aromatic rings. The van der Waals surface area contributed by atoms with Crippen LogP contribution in [0.1, 0.15) is 10.4 Å². The van der Waals surface area contributed by atoms with E-state index in [9.17, 15) is 14.0 Å². The molecule has 0 bridgehead atoms. The van der Waals surface area contributed by atoms with Crippen molar-refractivity contribution in [1.82, 2.24) is 5.32 Å². The number of carbonyl (C=O) groups is 2. The van der Waals surface area contributed by atoms with Crippen LogP contribution in [0.2, 0.25) is 0 Å². The summed E-state index contributed by atoms with van der Waals surface area (Å²) in [6, 6.07) is 10.5. The van der Waals surface area contributed by atoms with Crippen molar-refractivity contribution in [3.05, 3.63) is 53.8 Å². The Morgan fingerprint density at radius 1 is 1.23 bits per heavy atom. The van der Waals surface area contributed by atoms with Gasteiger partial charge in [0, 0.05) is 5.69 Å². The largest absolute Gasteiger partial charge is 0.486 e. The average Bonchev–Trinajstić information content (AvgIpc) is 2.64. The summed E-state index contributed by atoms with van der Waals surface area (Å²) in [6.07, 6.45) is -0.350. The second-order valence-corrected chi connectivity index (χ2v) is 5.61. The fourth-order valence-electron chi connectivity index (χ4n) is 2.37. The van der Waals surface area contributed by atoms with Gasteiger partial charge < -0.3 is 25.3 Å². The summed E-state index contributed by atoms with van der Waals surface area (Å²) >= 11 is 0. The van der Waals surface area contributed by atoms with Gasteiger partial charge in [0.2, 0.25) is 0 Å². The molecule has 8 heteroatoms. The molecule has 26 heavy (non-hydrogen) atoms. The number of nitrogen functional groups attached to an aromatic ring is 1. The minimum Gasteiger partial charge on any atom is -0.486 e. The third-order valence-corrected chi connectivity index (χ3v) is 3.66. The zero-order chi connectivity index (χ0) is 18.5. The van der Waals surface area contributed by atoms with Crippen molar-refractivity contribution in [1.29, 1.82) is 0 Å². The molecule has 3 rings (SSSR count). The molecule has 1 heterocycles. The molecule has 1 unspecified atom stereocenters. The van der Waals surface area contributed by atoms with Crippen LogP contribution in [0, 0.1) is 5.82 Å². The van der Waals surface area contributed by atoms with Gasteiger partial charge in [-0.2, -0.15) is 0 Å². The first-order chi connectivity index (χ1) is 12.5. The number of hydrogen-bond donors (Lipinski definition) is 2. The van der Waals surface area contributed by atoms with E-state index < -0.39 is 24.3 Å². The van der Waals surface area contributed by atoms with Crippen LogP contribution in [0.15, 0.2) is 42.5 Å². The Labute approximate surface area is 148 Å². The molecule has 7 nitrogen and oxygen atoms in total. The summed E-state index contributed by atoms with van der Waals surface area (Å²) in [5.74, 6) is -0.601. The highest BCUT2D eigenvalue weighted by atomic mass is 19.1. The quantitative estimate of drug-likeness (QED) is 0.619. The van der Waals surface area contributed by atoms with Crippen LogP contribution >= 0.6 is 0 Å². The molecule has 136 valence electrons. The molecule has 0 aliphatic carbocycles. The lowest BCUT2D eigenvalue weighted by atomic mass is 10.2. The Bertz CT molecular complexity index is 827.